The Morgan fingerprint density at radius 2 is 2.10 bits per heavy atom. The van der Waals surface area contributed by atoms with E-state index in [4.69, 9.17) is 10.5 Å². The van der Waals surface area contributed by atoms with Crippen LogP contribution in [0, 0.1) is 11.7 Å². The van der Waals surface area contributed by atoms with Gasteiger partial charge in [0, 0.05) is 22.6 Å². The number of halogens is 5. The number of ether oxygens (including phenoxy) is 1. The maximum Gasteiger partial charge on any atom is 0.414 e. The lowest BCUT2D eigenvalue weighted by atomic mass is 9.78. The molecule has 8 heteroatoms. The van der Waals surface area contributed by atoms with Crippen LogP contribution in [0.1, 0.15) is 12.0 Å². The van der Waals surface area contributed by atoms with E-state index in [2.05, 4.69) is 15.9 Å². The number of nitrogens with two attached hydrogens (primary N) is 1. The van der Waals surface area contributed by atoms with Crippen molar-refractivity contribution in [3.05, 3.63) is 34.1 Å². The standard InChI is InChI=1S/C13H14BrF4NO2/c14-8-1-2-10(15)9(3-8)12(19)4-7(5-20)11(21-6-12)13(16,17)18/h1-3,7,11,20H,4-6,19H2/t7-,11-,12+/m0/s1. The van der Waals surface area contributed by atoms with Crippen molar-refractivity contribution >= 4 is 15.9 Å². The first-order valence-electron chi connectivity index (χ1n) is 6.21. The Morgan fingerprint density at radius 3 is 2.67 bits per heavy atom. The van der Waals surface area contributed by atoms with E-state index in [0.717, 1.165) is 0 Å². The van der Waals surface area contributed by atoms with E-state index in [0.29, 0.717) is 4.47 Å². The third-order valence-electron chi connectivity index (χ3n) is 3.60. The topological polar surface area (TPSA) is 55.5 Å². The minimum absolute atomic E-state index is 0.0657. The molecule has 1 aliphatic heterocycles. The molecule has 118 valence electrons. The highest BCUT2D eigenvalue weighted by molar-refractivity contribution is 9.10. The number of alkyl halides is 3. The molecule has 1 fully saturated rings. The van der Waals surface area contributed by atoms with Crippen LogP contribution >= 0.6 is 15.9 Å². The molecule has 0 aromatic heterocycles. The van der Waals surface area contributed by atoms with Crippen molar-refractivity contribution in [2.24, 2.45) is 11.7 Å². The fraction of sp³-hybridized carbons (Fsp3) is 0.538. The normalized spacial score (nSPS) is 30.4. The molecule has 3 nitrogen and oxygen atoms in total. The van der Waals surface area contributed by atoms with Crippen molar-refractivity contribution in [3.8, 4) is 0 Å². The van der Waals surface area contributed by atoms with Crippen molar-refractivity contribution in [2.45, 2.75) is 24.2 Å². The van der Waals surface area contributed by atoms with Gasteiger partial charge in [0.15, 0.2) is 6.10 Å². The van der Waals surface area contributed by atoms with Crippen LogP contribution in [-0.2, 0) is 10.3 Å². The lowest BCUT2D eigenvalue weighted by Crippen LogP contribution is -2.55. The summed E-state index contributed by atoms with van der Waals surface area (Å²) in [6.45, 7) is -1.21. The zero-order valence-electron chi connectivity index (χ0n) is 10.8. The molecule has 0 unspecified atom stereocenters. The van der Waals surface area contributed by atoms with E-state index in [-0.39, 0.29) is 12.0 Å². The largest absolute Gasteiger partial charge is 0.414 e. The van der Waals surface area contributed by atoms with Gasteiger partial charge >= 0.3 is 6.18 Å². The number of rotatable bonds is 2. The summed E-state index contributed by atoms with van der Waals surface area (Å²) in [5.74, 6) is -1.85. The summed E-state index contributed by atoms with van der Waals surface area (Å²) in [4.78, 5) is 0. The molecule has 0 bridgehead atoms. The molecule has 3 N–H and O–H groups in total. The molecule has 0 aliphatic carbocycles. The maximum absolute atomic E-state index is 13.9. The van der Waals surface area contributed by atoms with Gasteiger partial charge in [-0.3, -0.25) is 0 Å². The molecular weight excluding hydrogens is 358 g/mol. The summed E-state index contributed by atoms with van der Waals surface area (Å²) >= 11 is 3.17. The molecule has 1 aliphatic rings. The van der Waals surface area contributed by atoms with Crippen LogP contribution in [0.3, 0.4) is 0 Å². The molecule has 0 saturated carbocycles. The second-order valence-electron chi connectivity index (χ2n) is 5.20. The van der Waals surface area contributed by atoms with Crippen LogP contribution in [0.15, 0.2) is 22.7 Å². The summed E-state index contributed by atoms with van der Waals surface area (Å²) in [5, 5.41) is 9.19. The zero-order chi connectivity index (χ0) is 15.8. The quantitative estimate of drug-likeness (QED) is 0.785. The van der Waals surface area contributed by atoms with Crippen molar-refractivity contribution < 1.29 is 27.4 Å². The highest BCUT2D eigenvalue weighted by atomic mass is 79.9. The molecule has 1 aromatic rings. The summed E-state index contributed by atoms with van der Waals surface area (Å²) in [7, 11) is 0. The van der Waals surface area contributed by atoms with Gasteiger partial charge in [0.1, 0.15) is 5.82 Å². The Balaban J connectivity index is 2.32. The third-order valence-corrected chi connectivity index (χ3v) is 4.09. The molecule has 21 heavy (non-hydrogen) atoms. The van der Waals surface area contributed by atoms with Gasteiger partial charge in [-0.25, -0.2) is 4.39 Å². The summed E-state index contributed by atoms with van der Waals surface area (Å²) in [5.41, 5.74) is 4.71. The third kappa shape index (κ3) is 3.39. The molecule has 1 aromatic carbocycles. The van der Waals surface area contributed by atoms with Crippen molar-refractivity contribution in [3.63, 3.8) is 0 Å². The molecule has 0 spiro atoms. The van der Waals surface area contributed by atoms with Gasteiger partial charge < -0.3 is 15.6 Å². The van der Waals surface area contributed by atoms with E-state index < -0.39 is 42.8 Å². The van der Waals surface area contributed by atoms with Gasteiger partial charge in [-0.05, 0) is 24.6 Å². The lowest BCUT2D eigenvalue weighted by molar-refractivity contribution is -0.259. The van der Waals surface area contributed by atoms with Crippen LogP contribution in [0.4, 0.5) is 17.6 Å². The Bertz CT molecular complexity index is 525. The van der Waals surface area contributed by atoms with Gasteiger partial charge in [-0.2, -0.15) is 13.2 Å². The van der Waals surface area contributed by atoms with Crippen LogP contribution in [0.2, 0.25) is 0 Å². The molecule has 1 saturated heterocycles. The smallest absolute Gasteiger partial charge is 0.396 e. The monoisotopic (exact) mass is 371 g/mol. The average Bonchev–Trinajstić information content (AvgIpc) is 2.39. The summed E-state index contributed by atoms with van der Waals surface area (Å²) in [6, 6.07) is 4.06. The van der Waals surface area contributed by atoms with E-state index >= 15 is 0 Å². The number of aliphatic hydroxyl groups excluding tert-OH is 1. The van der Waals surface area contributed by atoms with Crippen LogP contribution in [-0.4, -0.2) is 30.6 Å². The molecule has 3 atom stereocenters. The SMILES string of the molecule is N[C@@]1(c2cc(Br)ccc2F)CO[C@H](C(F)(F)F)[C@H](CO)C1. The van der Waals surface area contributed by atoms with Gasteiger partial charge in [0.25, 0.3) is 0 Å². The Morgan fingerprint density at radius 1 is 1.43 bits per heavy atom. The Kier molecular flexibility index (Phi) is 4.63. The van der Waals surface area contributed by atoms with E-state index in [9.17, 15) is 22.7 Å². The maximum atomic E-state index is 13.9. The summed E-state index contributed by atoms with van der Waals surface area (Å²) in [6.07, 6.45) is -6.90. The molecule has 0 radical (unpaired) electrons. The predicted molar refractivity (Wildman–Crippen MR) is 71.0 cm³/mol. The minimum atomic E-state index is -4.59. The highest BCUT2D eigenvalue weighted by Crippen LogP contribution is 2.41. The Labute approximate surface area is 127 Å². The van der Waals surface area contributed by atoms with Crippen molar-refractivity contribution in [1.82, 2.24) is 0 Å². The van der Waals surface area contributed by atoms with E-state index in [1.165, 1.54) is 18.2 Å². The first kappa shape index (κ1) is 16.7. The van der Waals surface area contributed by atoms with Crippen molar-refractivity contribution in [1.29, 1.82) is 0 Å². The van der Waals surface area contributed by atoms with E-state index in [1.54, 1.807) is 0 Å². The molecular formula is C13H14BrF4NO2. The van der Waals surface area contributed by atoms with Gasteiger partial charge in [-0.15, -0.1) is 0 Å². The Hall–Kier alpha value is -0.700. The second kappa shape index (κ2) is 5.83. The predicted octanol–water partition coefficient (Wildman–Crippen LogP) is 2.70. The zero-order valence-corrected chi connectivity index (χ0v) is 12.4. The number of aliphatic hydroxyl groups is 1. The van der Waals surface area contributed by atoms with Crippen LogP contribution in [0.25, 0.3) is 0 Å². The average molecular weight is 372 g/mol. The summed E-state index contributed by atoms with van der Waals surface area (Å²) < 4.78 is 57.7. The van der Waals surface area contributed by atoms with E-state index in [1.807, 2.05) is 0 Å². The van der Waals surface area contributed by atoms with Gasteiger partial charge in [0.05, 0.1) is 12.1 Å². The minimum Gasteiger partial charge on any atom is -0.396 e. The highest BCUT2D eigenvalue weighted by Gasteiger charge is 2.52. The molecule has 0 amide bonds. The first-order valence-corrected chi connectivity index (χ1v) is 7.00. The number of benzene rings is 1. The van der Waals surface area contributed by atoms with Crippen molar-refractivity contribution in [2.75, 3.05) is 13.2 Å². The first-order chi connectivity index (χ1) is 9.67. The molecule has 2 rings (SSSR count). The van der Waals surface area contributed by atoms with Crippen LogP contribution in [0.5, 0.6) is 0 Å². The fourth-order valence-corrected chi connectivity index (χ4v) is 2.96. The fourth-order valence-electron chi connectivity index (χ4n) is 2.60. The van der Waals surface area contributed by atoms with Crippen LogP contribution < -0.4 is 5.73 Å². The van der Waals surface area contributed by atoms with Gasteiger partial charge in [-0.1, -0.05) is 15.9 Å². The second-order valence-corrected chi connectivity index (χ2v) is 6.12. The lowest BCUT2D eigenvalue weighted by Gasteiger charge is -2.42. The van der Waals surface area contributed by atoms with Gasteiger partial charge in [0.2, 0.25) is 0 Å². The number of hydrogen-bond acceptors (Lipinski definition) is 3. The molecule has 1 heterocycles. The number of hydrogen-bond donors (Lipinski definition) is 2.